The Morgan fingerprint density at radius 3 is 2.32 bits per heavy atom. The number of carbonyl (C=O) groups is 2. The fraction of sp³-hybridized carbons (Fsp3) is 0.579. The summed E-state index contributed by atoms with van der Waals surface area (Å²) in [5, 5.41) is 9.37. The van der Waals surface area contributed by atoms with E-state index < -0.39 is 27.5 Å². The molecule has 1 heterocycles. The number of amides is 1. The monoisotopic (exact) mass is 413 g/mol. The number of aromatic carboxylic acids is 1. The van der Waals surface area contributed by atoms with E-state index in [0.29, 0.717) is 25.9 Å². The molecule has 0 aliphatic carbocycles. The van der Waals surface area contributed by atoms with Gasteiger partial charge in [0, 0.05) is 25.9 Å². The van der Waals surface area contributed by atoms with Gasteiger partial charge in [0.05, 0.1) is 10.6 Å². The van der Waals surface area contributed by atoms with E-state index in [0.717, 1.165) is 0 Å². The number of carboxylic acids is 1. The molecule has 0 aromatic heterocycles. The summed E-state index contributed by atoms with van der Waals surface area (Å²) in [7, 11) is -3.48. The molecule has 28 heavy (non-hydrogen) atoms. The first-order valence-corrected chi connectivity index (χ1v) is 10.8. The minimum atomic E-state index is -3.48. The third-order valence-electron chi connectivity index (χ3n) is 4.31. The number of sulfone groups is 1. The van der Waals surface area contributed by atoms with Crippen LogP contribution < -0.4 is 4.74 Å². The number of ether oxygens (including phenoxy) is 2. The third kappa shape index (κ3) is 5.60. The molecule has 0 radical (unpaired) electrons. The summed E-state index contributed by atoms with van der Waals surface area (Å²) in [5.74, 6) is -1.26. The van der Waals surface area contributed by atoms with Gasteiger partial charge in [-0.3, -0.25) is 0 Å². The smallest absolute Gasteiger partial charge is 0.410 e. The molecule has 1 saturated heterocycles. The molecule has 1 aliphatic heterocycles. The molecule has 156 valence electrons. The van der Waals surface area contributed by atoms with E-state index in [1.165, 1.54) is 25.1 Å². The maximum Gasteiger partial charge on any atom is 0.410 e. The second kappa shape index (κ2) is 8.38. The number of carbonyl (C=O) groups excluding carboxylic acids is 1. The molecule has 1 aromatic rings. The molecule has 0 unspecified atom stereocenters. The standard InChI is InChI=1S/C19H27NO7S/c1-5-28(24,25)14-6-7-15(17(21)22)16(12-14)26-13-8-10-20(11-9-13)18(23)27-19(2,3)4/h6-7,12-13H,5,8-11H2,1-4H3,(H,21,22). The Bertz CT molecular complexity index is 834. The van der Waals surface area contributed by atoms with Crippen molar-refractivity contribution in [3.8, 4) is 5.75 Å². The fourth-order valence-electron chi connectivity index (χ4n) is 2.80. The molecular weight excluding hydrogens is 386 g/mol. The van der Waals surface area contributed by atoms with Crippen LogP contribution in [0.4, 0.5) is 4.79 Å². The van der Waals surface area contributed by atoms with Gasteiger partial charge in [-0.1, -0.05) is 6.92 Å². The summed E-state index contributed by atoms with van der Waals surface area (Å²) < 4.78 is 35.4. The average molecular weight is 413 g/mol. The lowest BCUT2D eigenvalue weighted by molar-refractivity contribution is 0.0126. The molecule has 8 nitrogen and oxygen atoms in total. The normalized spacial score (nSPS) is 15.9. The Balaban J connectivity index is 2.11. The van der Waals surface area contributed by atoms with E-state index in [4.69, 9.17) is 9.47 Å². The van der Waals surface area contributed by atoms with Gasteiger partial charge >= 0.3 is 12.1 Å². The van der Waals surface area contributed by atoms with Gasteiger partial charge in [-0.2, -0.15) is 0 Å². The fourth-order valence-corrected chi connectivity index (χ4v) is 3.69. The van der Waals surface area contributed by atoms with Crippen molar-refractivity contribution in [2.75, 3.05) is 18.8 Å². The summed E-state index contributed by atoms with van der Waals surface area (Å²) in [6.45, 7) is 7.74. The van der Waals surface area contributed by atoms with Crippen molar-refractivity contribution < 1.29 is 32.6 Å². The second-order valence-electron chi connectivity index (χ2n) is 7.65. The molecule has 1 aromatic carbocycles. The first kappa shape index (κ1) is 22.0. The maximum atomic E-state index is 12.1. The first-order valence-electron chi connectivity index (χ1n) is 9.17. The van der Waals surface area contributed by atoms with Gasteiger partial charge in [0.2, 0.25) is 0 Å². The van der Waals surface area contributed by atoms with Crippen LogP contribution >= 0.6 is 0 Å². The minimum absolute atomic E-state index is 0.0257. The average Bonchev–Trinajstić information content (AvgIpc) is 2.60. The first-order chi connectivity index (χ1) is 12.9. The van der Waals surface area contributed by atoms with Crippen LogP contribution in [-0.4, -0.2) is 61.0 Å². The van der Waals surface area contributed by atoms with Gasteiger partial charge in [0.15, 0.2) is 9.84 Å². The molecule has 0 spiro atoms. The molecule has 0 atom stereocenters. The van der Waals surface area contributed by atoms with E-state index in [2.05, 4.69) is 0 Å². The zero-order chi connectivity index (χ0) is 21.1. The summed E-state index contributed by atoms with van der Waals surface area (Å²) in [4.78, 5) is 25.2. The van der Waals surface area contributed by atoms with Gasteiger partial charge < -0.3 is 19.5 Å². The van der Waals surface area contributed by atoms with Crippen LogP contribution in [0.2, 0.25) is 0 Å². The van der Waals surface area contributed by atoms with E-state index >= 15 is 0 Å². The van der Waals surface area contributed by atoms with Crippen LogP contribution in [0.1, 0.15) is 50.9 Å². The van der Waals surface area contributed by atoms with Crippen molar-refractivity contribution in [1.82, 2.24) is 4.90 Å². The lowest BCUT2D eigenvalue weighted by Crippen LogP contribution is -2.44. The lowest BCUT2D eigenvalue weighted by Gasteiger charge is -2.33. The number of hydrogen-bond donors (Lipinski definition) is 1. The van der Waals surface area contributed by atoms with Crippen LogP contribution in [0.15, 0.2) is 23.1 Å². The summed E-state index contributed by atoms with van der Waals surface area (Å²) >= 11 is 0. The summed E-state index contributed by atoms with van der Waals surface area (Å²) in [6.07, 6.45) is 0.260. The van der Waals surface area contributed by atoms with E-state index in [-0.39, 0.29) is 28.1 Å². The molecule has 1 amide bonds. The Morgan fingerprint density at radius 2 is 1.82 bits per heavy atom. The number of hydrogen-bond acceptors (Lipinski definition) is 6. The second-order valence-corrected chi connectivity index (χ2v) is 9.93. The highest BCUT2D eigenvalue weighted by molar-refractivity contribution is 7.91. The molecular formula is C19H27NO7S. The highest BCUT2D eigenvalue weighted by Crippen LogP contribution is 2.27. The number of likely N-dealkylation sites (tertiary alicyclic amines) is 1. The SMILES string of the molecule is CCS(=O)(=O)c1ccc(C(=O)O)c(OC2CCN(C(=O)OC(C)(C)C)CC2)c1. The summed E-state index contributed by atoms with van der Waals surface area (Å²) in [6, 6.07) is 3.79. The van der Waals surface area contributed by atoms with Crippen molar-refractivity contribution >= 4 is 21.9 Å². The van der Waals surface area contributed by atoms with E-state index in [9.17, 15) is 23.1 Å². The lowest BCUT2D eigenvalue weighted by atomic mass is 10.1. The predicted octanol–water partition coefficient (Wildman–Crippen LogP) is 2.96. The maximum absolute atomic E-state index is 12.1. The number of piperidine rings is 1. The Kier molecular flexibility index (Phi) is 6.59. The quantitative estimate of drug-likeness (QED) is 0.790. The Morgan fingerprint density at radius 1 is 1.21 bits per heavy atom. The van der Waals surface area contributed by atoms with E-state index in [1.54, 1.807) is 25.7 Å². The molecule has 9 heteroatoms. The number of benzene rings is 1. The minimum Gasteiger partial charge on any atom is -0.489 e. The van der Waals surface area contributed by atoms with Crippen molar-refractivity contribution in [2.24, 2.45) is 0 Å². The summed E-state index contributed by atoms with van der Waals surface area (Å²) in [5.41, 5.74) is -0.670. The molecule has 0 saturated carbocycles. The van der Waals surface area contributed by atoms with Gasteiger partial charge in [0.1, 0.15) is 23.0 Å². The predicted molar refractivity (Wildman–Crippen MR) is 103 cm³/mol. The van der Waals surface area contributed by atoms with Crippen molar-refractivity contribution in [3.05, 3.63) is 23.8 Å². The third-order valence-corrected chi connectivity index (χ3v) is 6.04. The number of carboxylic acid groups (broad SMARTS) is 1. The van der Waals surface area contributed by atoms with Crippen LogP contribution in [0, 0.1) is 0 Å². The van der Waals surface area contributed by atoms with Crippen LogP contribution in [0.3, 0.4) is 0 Å². The van der Waals surface area contributed by atoms with Gasteiger partial charge in [-0.25, -0.2) is 18.0 Å². The van der Waals surface area contributed by atoms with Crippen LogP contribution in [0.25, 0.3) is 0 Å². The largest absolute Gasteiger partial charge is 0.489 e. The zero-order valence-electron chi connectivity index (χ0n) is 16.6. The van der Waals surface area contributed by atoms with Crippen molar-refractivity contribution in [3.63, 3.8) is 0 Å². The molecule has 1 aliphatic rings. The van der Waals surface area contributed by atoms with Gasteiger partial charge in [0.25, 0.3) is 0 Å². The molecule has 1 N–H and O–H groups in total. The van der Waals surface area contributed by atoms with Crippen molar-refractivity contribution in [1.29, 1.82) is 0 Å². The zero-order valence-corrected chi connectivity index (χ0v) is 17.4. The topological polar surface area (TPSA) is 110 Å². The van der Waals surface area contributed by atoms with E-state index in [1.807, 2.05) is 0 Å². The highest BCUT2D eigenvalue weighted by Gasteiger charge is 2.28. The van der Waals surface area contributed by atoms with Crippen LogP contribution in [0.5, 0.6) is 5.75 Å². The molecule has 2 rings (SSSR count). The Labute approximate surface area is 165 Å². The Hall–Kier alpha value is -2.29. The van der Waals surface area contributed by atoms with Gasteiger partial charge in [-0.05, 0) is 39.0 Å². The van der Waals surface area contributed by atoms with Crippen LogP contribution in [-0.2, 0) is 14.6 Å². The number of rotatable bonds is 5. The number of nitrogens with zero attached hydrogens (tertiary/aromatic N) is 1. The molecule has 1 fully saturated rings. The molecule has 0 bridgehead atoms. The van der Waals surface area contributed by atoms with Gasteiger partial charge in [-0.15, -0.1) is 0 Å². The van der Waals surface area contributed by atoms with Crippen molar-refractivity contribution in [2.45, 2.75) is 57.1 Å². The highest BCUT2D eigenvalue weighted by atomic mass is 32.2.